The average Bonchev–Trinajstić information content (AvgIpc) is 2.24. The molecule has 5 nitrogen and oxygen atoms in total. The summed E-state index contributed by atoms with van der Waals surface area (Å²) in [5.74, 6) is -0.0375. The third-order valence-corrected chi connectivity index (χ3v) is 2.85. The topological polar surface area (TPSA) is 110 Å². The van der Waals surface area contributed by atoms with Crippen LogP contribution in [0.4, 0.5) is 0 Å². The Morgan fingerprint density at radius 2 is 2.00 bits per heavy atom. The Hall–Kier alpha value is -1.69. The number of carbonyl (C=O) groups excluding carboxylic acids is 1. The molecule has 1 aromatic rings. The van der Waals surface area contributed by atoms with Crippen LogP contribution >= 0.6 is 0 Å². The van der Waals surface area contributed by atoms with Gasteiger partial charge in [-0.3, -0.25) is 4.79 Å². The molecule has 0 fully saturated rings. The molecule has 0 bridgehead atoms. The fourth-order valence-electron chi connectivity index (χ4n) is 1.81. The first-order valence-corrected chi connectivity index (χ1v) is 4.70. The van der Waals surface area contributed by atoms with E-state index in [1.54, 1.807) is 0 Å². The lowest BCUT2D eigenvalue weighted by atomic mass is 9.76. The minimum Gasteiger partial charge on any atom is -0.507 e. The SMILES string of the molecule is NC1(N)C=Cc2c(O)cccc2C1(O)C=O. The van der Waals surface area contributed by atoms with Gasteiger partial charge in [-0.1, -0.05) is 18.2 Å². The van der Waals surface area contributed by atoms with Crippen molar-refractivity contribution >= 4 is 12.4 Å². The van der Waals surface area contributed by atoms with E-state index in [1.165, 1.54) is 30.4 Å². The van der Waals surface area contributed by atoms with E-state index in [0.717, 1.165) is 0 Å². The summed E-state index contributed by atoms with van der Waals surface area (Å²) >= 11 is 0. The van der Waals surface area contributed by atoms with Crippen LogP contribution in [0.1, 0.15) is 11.1 Å². The molecular weight excluding hydrogens is 208 g/mol. The maximum atomic E-state index is 11.0. The van der Waals surface area contributed by atoms with Gasteiger partial charge in [-0.25, -0.2) is 0 Å². The fraction of sp³-hybridized carbons (Fsp3) is 0.182. The van der Waals surface area contributed by atoms with E-state index in [2.05, 4.69) is 0 Å². The number of aldehydes is 1. The lowest BCUT2D eigenvalue weighted by Gasteiger charge is -2.39. The highest BCUT2D eigenvalue weighted by Crippen LogP contribution is 2.38. The largest absolute Gasteiger partial charge is 0.507 e. The molecule has 0 saturated carbocycles. The molecule has 0 aliphatic heterocycles. The Morgan fingerprint density at radius 1 is 1.31 bits per heavy atom. The zero-order valence-electron chi connectivity index (χ0n) is 8.42. The van der Waals surface area contributed by atoms with Gasteiger partial charge >= 0.3 is 0 Å². The second-order valence-corrected chi connectivity index (χ2v) is 3.89. The molecule has 0 radical (unpaired) electrons. The Morgan fingerprint density at radius 3 is 2.62 bits per heavy atom. The van der Waals surface area contributed by atoms with Crippen molar-refractivity contribution in [3.05, 3.63) is 35.4 Å². The molecule has 0 aromatic heterocycles. The molecule has 2 rings (SSSR count). The number of rotatable bonds is 1. The molecule has 0 saturated heterocycles. The van der Waals surface area contributed by atoms with Gasteiger partial charge in [-0.15, -0.1) is 0 Å². The van der Waals surface area contributed by atoms with Gasteiger partial charge in [0.15, 0.2) is 11.9 Å². The summed E-state index contributed by atoms with van der Waals surface area (Å²) in [5, 5.41) is 19.8. The number of hydrogen-bond acceptors (Lipinski definition) is 5. The summed E-state index contributed by atoms with van der Waals surface area (Å²) in [6, 6.07) is 4.47. The summed E-state index contributed by atoms with van der Waals surface area (Å²) < 4.78 is 0. The smallest absolute Gasteiger partial charge is 0.180 e. The van der Waals surface area contributed by atoms with Gasteiger partial charge < -0.3 is 21.7 Å². The van der Waals surface area contributed by atoms with Crippen molar-refractivity contribution in [1.29, 1.82) is 0 Å². The van der Waals surface area contributed by atoms with Crippen LogP contribution in [-0.2, 0) is 10.4 Å². The lowest BCUT2D eigenvalue weighted by molar-refractivity contribution is -0.130. The van der Waals surface area contributed by atoms with Gasteiger partial charge in [0.1, 0.15) is 11.4 Å². The van der Waals surface area contributed by atoms with Crippen molar-refractivity contribution in [1.82, 2.24) is 0 Å². The average molecular weight is 220 g/mol. The molecular formula is C11H12N2O3. The number of phenolic OH excluding ortho intramolecular Hbond substituents is 1. The molecule has 16 heavy (non-hydrogen) atoms. The Bertz CT molecular complexity index is 482. The molecule has 1 unspecified atom stereocenters. The van der Waals surface area contributed by atoms with Crippen LogP contribution in [0.25, 0.3) is 6.08 Å². The number of hydrogen-bond donors (Lipinski definition) is 4. The van der Waals surface area contributed by atoms with Crippen molar-refractivity contribution < 1.29 is 15.0 Å². The Balaban J connectivity index is 2.76. The Kier molecular flexibility index (Phi) is 2.13. The molecule has 1 aromatic carbocycles. The fourth-order valence-corrected chi connectivity index (χ4v) is 1.81. The summed E-state index contributed by atoms with van der Waals surface area (Å²) in [7, 11) is 0. The van der Waals surface area contributed by atoms with Crippen LogP contribution in [-0.4, -0.2) is 22.2 Å². The highest BCUT2D eigenvalue weighted by molar-refractivity contribution is 5.79. The van der Waals surface area contributed by atoms with Crippen molar-refractivity contribution in [2.75, 3.05) is 0 Å². The highest BCUT2D eigenvalue weighted by atomic mass is 16.3. The standard InChI is InChI=1S/C11H12N2O3/c12-11(13)5-4-7-8(10(11,16)6-14)2-1-3-9(7)15/h1-6,15-16H,12-13H2. The minimum atomic E-state index is -2.03. The molecule has 1 aliphatic carbocycles. The summed E-state index contributed by atoms with van der Waals surface area (Å²) in [6.07, 6.45) is 3.07. The summed E-state index contributed by atoms with van der Waals surface area (Å²) in [5.41, 5.74) is 8.16. The van der Waals surface area contributed by atoms with E-state index < -0.39 is 11.3 Å². The van der Waals surface area contributed by atoms with E-state index in [1.807, 2.05) is 0 Å². The second-order valence-electron chi connectivity index (χ2n) is 3.89. The van der Waals surface area contributed by atoms with E-state index in [-0.39, 0.29) is 17.6 Å². The third-order valence-electron chi connectivity index (χ3n) is 2.85. The molecule has 84 valence electrons. The van der Waals surface area contributed by atoms with Gasteiger partial charge in [0, 0.05) is 11.1 Å². The van der Waals surface area contributed by atoms with Crippen LogP contribution in [0.2, 0.25) is 0 Å². The monoisotopic (exact) mass is 220 g/mol. The maximum Gasteiger partial charge on any atom is 0.180 e. The first-order valence-electron chi connectivity index (χ1n) is 4.70. The molecule has 0 heterocycles. The molecule has 1 aliphatic rings. The number of carbonyl (C=O) groups is 1. The van der Waals surface area contributed by atoms with Crippen LogP contribution in [0.5, 0.6) is 5.75 Å². The number of phenols is 1. The predicted octanol–water partition coefficient (Wildman–Crippen LogP) is -0.581. The number of fused-ring (bicyclic) bond motifs is 1. The maximum absolute atomic E-state index is 11.0. The van der Waals surface area contributed by atoms with Gasteiger partial charge in [-0.05, 0) is 12.1 Å². The third kappa shape index (κ3) is 1.19. The van der Waals surface area contributed by atoms with E-state index in [0.29, 0.717) is 5.56 Å². The van der Waals surface area contributed by atoms with Crippen LogP contribution in [0, 0.1) is 0 Å². The summed E-state index contributed by atoms with van der Waals surface area (Å²) in [4.78, 5) is 11.0. The number of nitrogens with two attached hydrogens (primary N) is 2. The van der Waals surface area contributed by atoms with Crippen molar-refractivity contribution in [3.8, 4) is 5.75 Å². The molecule has 0 amide bonds. The first kappa shape index (κ1) is 10.8. The molecule has 5 heteroatoms. The first-order chi connectivity index (χ1) is 7.42. The van der Waals surface area contributed by atoms with Crippen molar-refractivity contribution in [2.24, 2.45) is 11.5 Å². The van der Waals surface area contributed by atoms with E-state index >= 15 is 0 Å². The zero-order valence-corrected chi connectivity index (χ0v) is 8.42. The zero-order chi connectivity index (χ0) is 12.0. The van der Waals surface area contributed by atoms with Crippen LogP contribution < -0.4 is 11.5 Å². The quantitative estimate of drug-likeness (QED) is 0.374. The lowest BCUT2D eigenvalue weighted by Crippen LogP contribution is -2.65. The highest BCUT2D eigenvalue weighted by Gasteiger charge is 2.48. The Labute approximate surface area is 92.0 Å². The summed E-state index contributed by atoms with van der Waals surface area (Å²) in [6.45, 7) is 0. The molecule has 0 spiro atoms. The minimum absolute atomic E-state index is 0.0375. The number of aliphatic hydroxyl groups is 1. The molecule has 1 atom stereocenters. The van der Waals surface area contributed by atoms with Crippen LogP contribution in [0.15, 0.2) is 24.3 Å². The van der Waals surface area contributed by atoms with Gasteiger partial charge in [0.25, 0.3) is 0 Å². The van der Waals surface area contributed by atoms with Crippen molar-refractivity contribution in [2.45, 2.75) is 11.3 Å². The van der Waals surface area contributed by atoms with Crippen LogP contribution in [0.3, 0.4) is 0 Å². The van der Waals surface area contributed by atoms with Crippen molar-refractivity contribution in [3.63, 3.8) is 0 Å². The number of aromatic hydroxyl groups is 1. The van der Waals surface area contributed by atoms with E-state index in [4.69, 9.17) is 11.5 Å². The van der Waals surface area contributed by atoms with Gasteiger partial charge in [0.2, 0.25) is 0 Å². The second kappa shape index (κ2) is 3.15. The predicted molar refractivity (Wildman–Crippen MR) is 58.2 cm³/mol. The number of benzene rings is 1. The van der Waals surface area contributed by atoms with Gasteiger partial charge in [-0.2, -0.15) is 0 Å². The van der Waals surface area contributed by atoms with E-state index in [9.17, 15) is 15.0 Å². The van der Waals surface area contributed by atoms with Gasteiger partial charge in [0.05, 0.1) is 0 Å². The normalized spacial score (nSPS) is 26.2. The molecule has 6 N–H and O–H groups in total.